The highest BCUT2D eigenvalue weighted by atomic mass is 16.6. The molecule has 2 amide bonds. The molecule has 10 nitrogen and oxygen atoms in total. The molecule has 2 N–H and O–H groups in total. The number of carbonyl (C=O) groups excluding carboxylic acids is 2. The van der Waals surface area contributed by atoms with E-state index < -0.39 is 16.9 Å². The number of rotatable bonds is 4. The normalized spacial score (nSPS) is 15.3. The van der Waals surface area contributed by atoms with Crippen molar-refractivity contribution < 1.29 is 14.5 Å². The lowest BCUT2D eigenvalue weighted by atomic mass is 10.1. The van der Waals surface area contributed by atoms with E-state index in [1.165, 1.54) is 10.7 Å². The number of nitro benzene ring substituents is 1. The third-order valence-electron chi connectivity index (χ3n) is 4.84. The molecule has 2 heterocycles. The van der Waals surface area contributed by atoms with Crippen molar-refractivity contribution >= 4 is 29.1 Å². The number of aryl methyl sites for hydroxylation is 2. The van der Waals surface area contributed by atoms with Crippen molar-refractivity contribution in [3.8, 4) is 11.4 Å². The molecule has 10 heteroatoms. The fraction of sp³-hybridized carbons (Fsp3) is 0.200. The van der Waals surface area contributed by atoms with Gasteiger partial charge in [-0.05, 0) is 19.9 Å². The molecule has 152 valence electrons. The van der Waals surface area contributed by atoms with Gasteiger partial charge >= 0.3 is 0 Å². The summed E-state index contributed by atoms with van der Waals surface area (Å²) in [5.41, 5.74) is 2.49. The Morgan fingerprint density at radius 1 is 1.23 bits per heavy atom. The van der Waals surface area contributed by atoms with Crippen molar-refractivity contribution in [2.24, 2.45) is 0 Å². The van der Waals surface area contributed by atoms with E-state index in [-0.39, 0.29) is 29.7 Å². The first kappa shape index (κ1) is 19.2. The van der Waals surface area contributed by atoms with Gasteiger partial charge in [-0.2, -0.15) is 4.98 Å². The Hall–Kier alpha value is -4.08. The number of aromatic nitrogens is 3. The van der Waals surface area contributed by atoms with Gasteiger partial charge < -0.3 is 5.32 Å². The van der Waals surface area contributed by atoms with E-state index in [4.69, 9.17) is 0 Å². The van der Waals surface area contributed by atoms with Crippen molar-refractivity contribution in [2.75, 3.05) is 10.6 Å². The van der Waals surface area contributed by atoms with Gasteiger partial charge in [-0.25, -0.2) is 4.68 Å². The molecular formula is C20H18N6O4. The molecule has 3 aromatic rings. The molecule has 30 heavy (non-hydrogen) atoms. The van der Waals surface area contributed by atoms with E-state index in [0.29, 0.717) is 11.4 Å². The van der Waals surface area contributed by atoms with Crippen LogP contribution in [0.1, 0.15) is 23.6 Å². The van der Waals surface area contributed by atoms with Gasteiger partial charge in [-0.15, -0.1) is 5.10 Å². The molecule has 0 radical (unpaired) electrons. The molecule has 0 spiro atoms. The molecule has 0 bridgehead atoms. The summed E-state index contributed by atoms with van der Waals surface area (Å²) < 4.78 is 1.37. The Labute approximate surface area is 171 Å². The van der Waals surface area contributed by atoms with E-state index >= 15 is 0 Å². The SMILES string of the molecule is Cc1ccc(-c2nc3n(n2)C(C(=O)Nc2ccc(C)c([N+](=O)[O-])c2)CC(=O)N3)cc1. The van der Waals surface area contributed by atoms with Crippen LogP contribution in [0.3, 0.4) is 0 Å². The number of hydrogen-bond acceptors (Lipinski definition) is 6. The molecule has 0 saturated carbocycles. The highest BCUT2D eigenvalue weighted by molar-refractivity contribution is 6.01. The third kappa shape index (κ3) is 3.62. The zero-order chi connectivity index (χ0) is 21.4. The Morgan fingerprint density at radius 3 is 2.67 bits per heavy atom. The Kier molecular flexibility index (Phi) is 4.74. The fourth-order valence-electron chi connectivity index (χ4n) is 3.20. The van der Waals surface area contributed by atoms with Gasteiger partial charge in [0, 0.05) is 22.9 Å². The second-order valence-electron chi connectivity index (χ2n) is 7.09. The van der Waals surface area contributed by atoms with Crippen LogP contribution in [0, 0.1) is 24.0 Å². The first-order valence-corrected chi connectivity index (χ1v) is 9.21. The van der Waals surface area contributed by atoms with Crippen LogP contribution in [-0.4, -0.2) is 31.5 Å². The summed E-state index contributed by atoms with van der Waals surface area (Å²) in [5.74, 6) is -0.308. The van der Waals surface area contributed by atoms with Gasteiger partial charge in [0.15, 0.2) is 5.82 Å². The lowest BCUT2D eigenvalue weighted by molar-refractivity contribution is -0.385. The van der Waals surface area contributed by atoms with Crippen LogP contribution >= 0.6 is 0 Å². The summed E-state index contributed by atoms with van der Waals surface area (Å²) in [5, 5.41) is 20.8. The van der Waals surface area contributed by atoms with Gasteiger partial charge in [0.1, 0.15) is 6.04 Å². The van der Waals surface area contributed by atoms with E-state index in [0.717, 1.165) is 11.1 Å². The van der Waals surface area contributed by atoms with Crippen LogP contribution in [0.2, 0.25) is 0 Å². The van der Waals surface area contributed by atoms with Gasteiger partial charge in [0.2, 0.25) is 17.8 Å². The van der Waals surface area contributed by atoms with E-state index in [1.54, 1.807) is 19.1 Å². The quantitative estimate of drug-likeness (QED) is 0.506. The molecule has 1 aliphatic heterocycles. The lowest BCUT2D eigenvalue weighted by Gasteiger charge is -2.22. The highest BCUT2D eigenvalue weighted by Crippen LogP contribution is 2.28. The maximum Gasteiger partial charge on any atom is 0.274 e. The van der Waals surface area contributed by atoms with E-state index in [9.17, 15) is 19.7 Å². The Morgan fingerprint density at radius 2 is 1.97 bits per heavy atom. The molecule has 1 aliphatic rings. The number of nitrogens with one attached hydrogen (secondary N) is 2. The number of anilines is 2. The fourth-order valence-corrected chi connectivity index (χ4v) is 3.20. The second kappa shape index (κ2) is 7.39. The number of benzene rings is 2. The topological polar surface area (TPSA) is 132 Å². The Bertz CT molecular complexity index is 1170. The minimum absolute atomic E-state index is 0.0997. The van der Waals surface area contributed by atoms with Crippen LogP contribution in [0.25, 0.3) is 11.4 Å². The zero-order valence-electron chi connectivity index (χ0n) is 16.2. The third-order valence-corrected chi connectivity index (χ3v) is 4.84. The number of nitrogens with zero attached hydrogens (tertiary/aromatic N) is 4. The van der Waals surface area contributed by atoms with Crippen molar-refractivity contribution in [1.29, 1.82) is 0 Å². The van der Waals surface area contributed by atoms with Crippen LogP contribution in [-0.2, 0) is 9.59 Å². The molecule has 1 atom stereocenters. The average Bonchev–Trinajstić information content (AvgIpc) is 3.12. The average molecular weight is 406 g/mol. The molecule has 0 fully saturated rings. The molecule has 0 aliphatic carbocycles. The first-order valence-electron chi connectivity index (χ1n) is 9.21. The largest absolute Gasteiger partial charge is 0.324 e. The summed E-state index contributed by atoms with van der Waals surface area (Å²) in [4.78, 5) is 40.0. The van der Waals surface area contributed by atoms with E-state index in [2.05, 4.69) is 20.7 Å². The molecule has 1 unspecified atom stereocenters. The highest BCUT2D eigenvalue weighted by Gasteiger charge is 2.33. The number of amides is 2. The van der Waals surface area contributed by atoms with Gasteiger partial charge in [-0.3, -0.25) is 25.0 Å². The summed E-state index contributed by atoms with van der Waals surface area (Å²) in [6.07, 6.45) is -0.122. The summed E-state index contributed by atoms with van der Waals surface area (Å²) >= 11 is 0. The number of fused-ring (bicyclic) bond motifs is 1. The van der Waals surface area contributed by atoms with Crippen LogP contribution in [0.15, 0.2) is 42.5 Å². The predicted molar refractivity (Wildman–Crippen MR) is 109 cm³/mol. The maximum atomic E-state index is 12.9. The Balaban J connectivity index is 1.63. The van der Waals surface area contributed by atoms with Crippen LogP contribution in [0.4, 0.5) is 17.3 Å². The number of nitro groups is 1. The predicted octanol–water partition coefficient (Wildman–Crippen LogP) is 2.99. The molecule has 4 rings (SSSR count). The molecule has 1 aromatic heterocycles. The van der Waals surface area contributed by atoms with Gasteiger partial charge in [-0.1, -0.05) is 35.9 Å². The zero-order valence-corrected chi connectivity index (χ0v) is 16.2. The minimum atomic E-state index is -0.930. The minimum Gasteiger partial charge on any atom is -0.324 e. The first-order chi connectivity index (χ1) is 14.3. The number of hydrogen-bond donors (Lipinski definition) is 2. The summed E-state index contributed by atoms with van der Waals surface area (Å²) in [6.45, 7) is 3.58. The second-order valence-corrected chi connectivity index (χ2v) is 7.09. The lowest BCUT2D eigenvalue weighted by Crippen LogP contribution is -2.36. The van der Waals surface area contributed by atoms with Crippen molar-refractivity contribution in [3.05, 3.63) is 63.7 Å². The van der Waals surface area contributed by atoms with Gasteiger partial charge in [0.05, 0.1) is 11.3 Å². The van der Waals surface area contributed by atoms with Gasteiger partial charge in [0.25, 0.3) is 5.69 Å². The van der Waals surface area contributed by atoms with Crippen molar-refractivity contribution in [2.45, 2.75) is 26.3 Å². The molecule has 0 saturated heterocycles. The van der Waals surface area contributed by atoms with Crippen LogP contribution in [0.5, 0.6) is 0 Å². The summed E-state index contributed by atoms with van der Waals surface area (Å²) in [6, 6.07) is 11.0. The van der Waals surface area contributed by atoms with Crippen molar-refractivity contribution in [3.63, 3.8) is 0 Å². The van der Waals surface area contributed by atoms with E-state index in [1.807, 2.05) is 31.2 Å². The smallest absolute Gasteiger partial charge is 0.274 e. The maximum absolute atomic E-state index is 12.9. The number of carbonyl (C=O) groups is 2. The molecule has 2 aromatic carbocycles. The summed E-state index contributed by atoms with van der Waals surface area (Å²) in [7, 11) is 0. The standard InChI is InChI=1S/C20H18N6O4/c1-11-3-6-13(7-4-11)18-23-20-22-17(27)10-16(25(20)24-18)19(28)21-14-8-5-12(2)15(9-14)26(29)30/h3-9,16H,10H2,1-2H3,(H,21,28)(H,22,23,24,27). The monoisotopic (exact) mass is 406 g/mol. The van der Waals surface area contributed by atoms with Crippen LogP contribution < -0.4 is 10.6 Å². The molecular weight excluding hydrogens is 388 g/mol. The van der Waals surface area contributed by atoms with Crippen molar-refractivity contribution in [1.82, 2.24) is 14.8 Å².